The molecule has 1 aliphatic rings. The molecule has 0 atom stereocenters. The predicted molar refractivity (Wildman–Crippen MR) is 83.5 cm³/mol. The van der Waals surface area contributed by atoms with Crippen molar-refractivity contribution < 1.29 is 8.42 Å². The van der Waals surface area contributed by atoms with Crippen LogP contribution < -0.4 is 10.6 Å². The first-order valence-corrected chi connectivity index (χ1v) is 9.01. The van der Waals surface area contributed by atoms with Crippen LogP contribution in [0.5, 0.6) is 0 Å². The van der Waals surface area contributed by atoms with E-state index in [-0.39, 0.29) is 5.75 Å². The van der Waals surface area contributed by atoms with E-state index < -0.39 is 10.0 Å². The first kappa shape index (κ1) is 17.2. The van der Waals surface area contributed by atoms with Crippen LogP contribution >= 0.6 is 0 Å². The molecule has 20 heavy (non-hydrogen) atoms. The molecule has 0 aromatic heterocycles. The fraction of sp³-hybridized carbons (Fsp3) is 0.923. The van der Waals surface area contributed by atoms with Crippen molar-refractivity contribution in [3.63, 3.8) is 0 Å². The maximum atomic E-state index is 11.6. The van der Waals surface area contributed by atoms with Gasteiger partial charge >= 0.3 is 0 Å². The number of hydrogen-bond donors (Lipinski definition) is 2. The summed E-state index contributed by atoms with van der Waals surface area (Å²) in [6.07, 6.45) is 5.75. The highest BCUT2D eigenvalue weighted by Crippen LogP contribution is 2.17. The maximum Gasteiger partial charge on any atom is 0.213 e. The molecule has 118 valence electrons. The van der Waals surface area contributed by atoms with Crippen LogP contribution in [0, 0.1) is 0 Å². The van der Waals surface area contributed by atoms with E-state index in [4.69, 9.17) is 0 Å². The van der Waals surface area contributed by atoms with Crippen molar-refractivity contribution in [3.8, 4) is 0 Å². The van der Waals surface area contributed by atoms with Crippen LogP contribution in [0.3, 0.4) is 0 Å². The third kappa shape index (κ3) is 5.66. The fourth-order valence-corrected chi connectivity index (χ4v) is 3.17. The minimum absolute atomic E-state index is 0.155. The summed E-state index contributed by atoms with van der Waals surface area (Å²) in [4.78, 5) is 4.20. The van der Waals surface area contributed by atoms with E-state index in [1.807, 2.05) is 0 Å². The Balaban J connectivity index is 2.22. The lowest BCUT2D eigenvalue weighted by Gasteiger charge is -2.18. The monoisotopic (exact) mass is 304 g/mol. The average Bonchev–Trinajstić information content (AvgIpc) is 2.94. The lowest BCUT2D eigenvalue weighted by Crippen LogP contribution is -2.43. The van der Waals surface area contributed by atoms with Crippen LogP contribution in [0.15, 0.2) is 4.99 Å². The molecule has 0 aromatic rings. The molecule has 0 amide bonds. The van der Waals surface area contributed by atoms with Gasteiger partial charge in [0.25, 0.3) is 0 Å². The summed E-state index contributed by atoms with van der Waals surface area (Å²) >= 11 is 0. The van der Waals surface area contributed by atoms with Gasteiger partial charge in [0, 0.05) is 33.2 Å². The van der Waals surface area contributed by atoms with Gasteiger partial charge in [-0.3, -0.25) is 4.99 Å². The molecule has 0 spiro atoms. The topological polar surface area (TPSA) is 73.8 Å². The molecule has 7 heteroatoms. The van der Waals surface area contributed by atoms with Crippen molar-refractivity contribution in [1.82, 2.24) is 14.9 Å². The van der Waals surface area contributed by atoms with Crippen molar-refractivity contribution in [2.24, 2.45) is 4.99 Å². The van der Waals surface area contributed by atoms with E-state index in [1.54, 1.807) is 21.0 Å². The molecule has 0 heterocycles. The third-order valence-corrected chi connectivity index (χ3v) is 5.56. The second kappa shape index (κ2) is 8.46. The highest BCUT2D eigenvalue weighted by atomic mass is 32.2. The van der Waals surface area contributed by atoms with Gasteiger partial charge in [-0.25, -0.2) is 12.7 Å². The zero-order valence-electron chi connectivity index (χ0n) is 12.9. The number of nitrogens with zero attached hydrogens (tertiary/aromatic N) is 2. The summed E-state index contributed by atoms with van der Waals surface area (Å²) in [7, 11) is 0.328. The molecule has 2 N–H and O–H groups in total. The number of sulfonamides is 1. The normalized spacial score (nSPS) is 17.7. The third-order valence-electron chi connectivity index (χ3n) is 3.70. The Kier molecular flexibility index (Phi) is 7.29. The fourth-order valence-electron chi connectivity index (χ4n) is 2.33. The zero-order chi connectivity index (χ0) is 15.0. The summed E-state index contributed by atoms with van der Waals surface area (Å²) in [5, 5.41) is 6.64. The molecule has 0 radical (unpaired) electrons. The SMILES string of the molecule is CCS(=O)(=O)N(C)CCCNC(=NC)NC1CCCC1. The Labute approximate surface area is 123 Å². The van der Waals surface area contributed by atoms with E-state index in [0.29, 0.717) is 12.6 Å². The van der Waals surface area contributed by atoms with Crippen LogP contribution in [-0.2, 0) is 10.0 Å². The lowest BCUT2D eigenvalue weighted by molar-refractivity contribution is 0.461. The van der Waals surface area contributed by atoms with Gasteiger partial charge in [-0.2, -0.15) is 0 Å². The first-order valence-electron chi connectivity index (χ1n) is 7.40. The van der Waals surface area contributed by atoms with Crippen LogP contribution in [0.25, 0.3) is 0 Å². The molecule has 1 aliphatic carbocycles. The van der Waals surface area contributed by atoms with Gasteiger partial charge < -0.3 is 10.6 Å². The minimum Gasteiger partial charge on any atom is -0.356 e. The summed E-state index contributed by atoms with van der Waals surface area (Å²) in [6.45, 7) is 2.91. The molecule has 0 bridgehead atoms. The van der Waals surface area contributed by atoms with Gasteiger partial charge in [0.2, 0.25) is 10.0 Å². The van der Waals surface area contributed by atoms with Crippen molar-refractivity contribution in [2.45, 2.75) is 45.1 Å². The molecule has 0 aromatic carbocycles. The molecule has 0 aliphatic heterocycles. The first-order chi connectivity index (χ1) is 9.49. The van der Waals surface area contributed by atoms with Crippen molar-refractivity contribution in [1.29, 1.82) is 0 Å². The van der Waals surface area contributed by atoms with Crippen LogP contribution in [-0.4, -0.2) is 57.7 Å². The second-order valence-corrected chi connectivity index (χ2v) is 7.56. The minimum atomic E-state index is -3.06. The molecule has 0 unspecified atom stereocenters. The number of guanidine groups is 1. The Morgan fingerprint density at radius 2 is 2.00 bits per heavy atom. The number of aliphatic imine (C=N–C) groups is 1. The van der Waals surface area contributed by atoms with Crippen molar-refractivity contribution in [3.05, 3.63) is 0 Å². The molecular formula is C13H28N4O2S. The quantitative estimate of drug-likeness (QED) is 0.414. The standard InChI is InChI=1S/C13H28N4O2S/c1-4-20(18,19)17(3)11-7-10-15-13(14-2)16-12-8-5-6-9-12/h12H,4-11H2,1-3H3,(H2,14,15,16). The van der Waals surface area contributed by atoms with Crippen LogP contribution in [0.2, 0.25) is 0 Å². The number of hydrogen-bond acceptors (Lipinski definition) is 3. The Bertz CT molecular complexity index is 403. The maximum absolute atomic E-state index is 11.6. The predicted octanol–water partition coefficient (Wildman–Crippen LogP) is 0.766. The largest absolute Gasteiger partial charge is 0.356 e. The van der Waals surface area contributed by atoms with Gasteiger partial charge in [-0.1, -0.05) is 12.8 Å². The lowest BCUT2D eigenvalue weighted by atomic mass is 10.2. The summed E-state index contributed by atoms with van der Waals surface area (Å²) in [5.41, 5.74) is 0. The summed E-state index contributed by atoms with van der Waals surface area (Å²) in [5.74, 6) is 0.972. The second-order valence-electron chi connectivity index (χ2n) is 5.20. The Morgan fingerprint density at radius 3 is 2.55 bits per heavy atom. The van der Waals surface area contributed by atoms with Gasteiger partial charge in [-0.05, 0) is 26.2 Å². The molecule has 0 saturated heterocycles. The van der Waals surface area contributed by atoms with Crippen molar-refractivity contribution in [2.75, 3.05) is 32.9 Å². The van der Waals surface area contributed by atoms with E-state index in [2.05, 4.69) is 15.6 Å². The Hall–Kier alpha value is -0.820. The summed E-state index contributed by atoms with van der Waals surface area (Å²) < 4.78 is 24.6. The summed E-state index contributed by atoms with van der Waals surface area (Å²) in [6, 6.07) is 0.532. The molecular weight excluding hydrogens is 276 g/mol. The molecule has 1 rings (SSSR count). The zero-order valence-corrected chi connectivity index (χ0v) is 13.7. The van der Waals surface area contributed by atoms with Gasteiger partial charge in [-0.15, -0.1) is 0 Å². The van der Waals surface area contributed by atoms with E-state index >= 15 is 0 Å². The van der Waals surface area contributed by atoms with E-state index in [9.17, 15) is 8.42 Å². The highest BCUT2D eigenvalue weighted by Gasteiger charge is 2.16. The van der Waals surface area contributed by atoms with Gasteiger partial charge in [0.1, 0.15) is 0 Å². The number of rotatable bonds is 7. The highest BCUT2D eigenvalue weighted by molar-refractivity contribution is 7.89. The van der Waals surface area contributed by atoms with Gasteiger partial charge in [0.05, 0.1) is 5.75 Å². The van der Waals surface area contributed by atoms with Crippen LogP contribution in [0.1, 0.15) is 39.0 Å². The number of nitrogens with one attached hydrogen (secondary N) is 2. The molecule has 1 saturated carbocycles. The smallest absolute Gasteiger partial charge is 0.213 e. The van der Waals surface area contributed by atoms with E-state index in [1.165, 1.54) is 30.0 Å². The van der Waals surface area contributed by atoms with Crippen molar-refractivity contribution >= 4 is 16.0 Å². The average molecular weight is 304 g/mol. The van der Waals surface area contributed by atoms with Crippen LogP contribution in [0.4, 0.5) is 0 Å². The van der Waals surface area contributed by atoms with Gasteiger partial charge in [0.15, 0.2) is 5.96 Å². The Morgan fingerprint density at radius 1 is 1.35 bits per heavy atom. The van der Waals surface area contributed by atoms with E-state index in [0.717, 1.165) is 18.9 Å². The molecule has 6 nitrogen and oxygen atoms in total. The molecule has 1 fully saturated rings.